The first-order valence-corrected chi connectivity index (χ1v) is 9.96. The molecule has 5 nitrogen and oxygen atoms in total. The molecule has 0 amide bonds. The van der Waals surface area contributed by atoms with Gasteiger partial charge in [0.05, 0.1) is 6.54 Å². The smallest absolute Gasteiger partial charge is 0.422 e. The number of halogens is 4. The number of hydrogen-bond acceptors (Lipinski definition) is 5. The van der Waals surface area contributed by atoms with Gasteiger partial charge in [0.25, 0.3) is 0 Å². The fourth-order valence-electron chi connectivity index (χ4n) is 3.14. The lowest BCUT2D eigenvalue weighted by molar-refractivity contribution is -0.153. The highest BCUT2D eigenvalue weighted by molar-refractivity contribution is 9.10. The van der Waals surface area contributed by atoms with Crippen LogP contribution in [0.2, 0.25) is 0 Å². The molecule has 30 heavy (non-hydrogen) atoms. The monoisotopic (exact) mass is 483 g/mol. The molecule has 1 aromatic heterocycles. The van der Waals surface area contributed by atoms with E-state index in [4.69, 9.17) is 9.15 Å². The normalized spacial score (nSPS) is 11.9. The molecule has 2 aromatic carbocycles. The molecule has 3 aromatic rings. The van der Waals surface area contributed by atoms with Crippen LogP contribution in [0.25, 0.3) is 11.5 Å². The van der Waals surface area contributed by atoms with Gasteiger partial charge in [0, 0.05) is 16.6 Å². The van der Waals surface area contributed by atoms with Crippen molar-refractivity contribution in [3.05, 3.63) is 63.5 Å². The Bertz CT molecular complexity index is 980. The molecule has 0 spiro atoms. The second-order valence-corrected chi connectivity index (χ2v) is 8.06. The molecule has 0 aliphatic carbocycles. The summed E-state index contributed by atoms with van der Waals surface area (Å²) in [5.41, 5.74) is 3.12. The molecule has 0 bridgehead atoms. The highest BCUT2D eigenvalue weighted by Crippen LogP contribution is 2.28. The van der Waals surface area contributed by atoms with Gasteiger partial charge < -0.3 is 9.15 Å². The van der Waals surface area contributed by atoms with Crippen molar-refractivity contribution in [3.8, 4) is 17.2 Å². The van der Waals surface area contributed by atoms with Gasteiger partial charge in [0.2, 0.25) is 11.8 Å². The first kappa shape index (κ1) is 22.3. The minimum atomic E-state index is -4.36. The van der Waals surface area contributed by atoms with E-state index in [2.05, 4.69) is 26.1 Å². The van der Waals surface area contributed by atoms with Crippen LogP contribution in [0.4, 0.5) is 13.2 Å². The Balaban J connectivity index is 1.63. The van der Waals surface area contributed by atoms with Crippen LogP contribution in [0.15, 0.2) is 45.3 Å². The van der Waals surface area contributed by atoms with Gasteiger partial charge in [-0.15, -0.1) is 10.2 Å². The van der Waals surface area contributed by atoms with Gasteiger partial charge in [-0.2, -0.15) is 13.2 Å². The van der Waals surface area contributed by atoms with E-state index in [9.17, 15) is 13.2 Å². The van der Waals surface area contributed by atoms with Crippen molar-refractivity contribution >= 4 is 15.9 Å². The summed E-state index contributed by atoms with van der Waals surface area (Å²) in [5.74, 6) is 1.20. The number of aromatic nitrogens is 2. The van der Waals surface area contributed by atoms with Crippen molar-refractivity contribution in [2.24, 2.45) is 0 Å². The lowest BCUT2D eigenvalue weighted by Gasteiger charge is -2.18. The molecule has 0 N–H and O–H groups in total. The zero-order valence-corrected chi connectivity index (χ0v) is 18.3. The maximum atomic E-state index is 12.4. The molecule has 0 atom stereocenters. The van der Waals surface area contributed by atoms with E-state index in [0.717, 1.165) is 15.6 Å². The minimum absolute atomic E-state index is 0.273. The number of nitrogens with zero attached hydrogens (tertiary/aromatic N) is 3. The van der Waals surface area contributed by atoms with Crippen LogP contribution >= 0.6 is 15.9 Å². The number of hydrogen-bond donors (Lipinski definition) is 0. The van der Waals surface area contributed by atoms with Crippen molar-refractivity contribution in [2.45, 2.75) is 33.1 Å². The standard InChI is InChI=1S/C21H21BrF3N3O2/c1-13-8-15(9-14(2)19(13)29-12-21(23,24)25)10-28(3)11-18-26-27-20(30-18)16-4-6-17(22)7-5-16/h4-9H,10-12H2,1-3H3. The van der Waals surface area contributed by atoms with E-state index in [1.54, 1.807) is 13.8 Å². The van der Waals surface area contributed by atoms with Crippen molar-refractivity contribution in [2.75, 3.05) is 13.7 Å². The molecule has 0 aliphatic heterocycles. The first-order chi connectivity index (χ1) is 14.1. The van der Waals surface area contributed by atoms with Crippen molar-refractivity contribution in [3.63, 3.8) is 0 Å². The Morgan fingerprint density at radius 1 is 1.03 bits per heavy atom. The summed E-state index contributed by atoms with van der Waals surface area (Å²) < 4.78 is 49.0. The molecular formula is C21H21BrF3N3O2. The summed E-state index contributed by atoms with van der Waals surface area (Å²) in [4.78, 5) is 1.99. The summed E-state index contributed by atoms with van der Waals surface area (Å²) in [6.07, 6.45) is -4.36. The maximum Gasteiger partial charge on any atom is 0.422 e. The molecule has 160 valence electrons. The second-order valence-electron chi connectivity index (χ2n) is 7.14. The van der Waals surface area contributed by atoms with E-state index < -0.39 is 12.8 Å². The zero-order valence-electron chi connectivity index (χ0n) is 16.8. The number of aryl methyl sites for hydroxylation is 2. The fourth-order valence-corrected chi connectivity index (χ4v) is 3.40. The molecule has 0 fully saturated rings. The highest BCUT2D eigenvalue weighted by Gasteiger charge is 2.29. The molecule has 1 heterocycles. The molecular weight excluding hydrogens is 463 g/mol. The van der Waals surface area contributed by atoms with Gasteiger partial charge in [-0.05, 0) is 61.9 Å². The van der Waals surface area contributed by atoms with Crippen molar-refractivity contribution in [1.29, 1.82) is 0 Å². The molecule has 9 heteroatoms. The van der Waals surface area contributed by atoms with Gasteiger partial charge in [0.1, 0.15) is 5.75 Å². The van der Waals surface area contributed by atoms with Crippen LogP contribution < -0.4 is 4.74 Å². The van der Waals surface area contributed by atoms with Crippen molar-refractivity contribution in [1.82, 2.24) is 15.1 Å². The third-order valence-electron chi connectivity index (χ3n) is 4.32. The van der Waals surface area contributed by atoms with Gasteiger partial charge in [0.15, 0.2) is 6.61 Å². The van der Waals surface area contributed by atoms with Crippen LogP contribution in [0.1, 0.15) is 22.6 Å². The van der Waals surface area contributed by atoms with E-state index in [-0.39, 0.29) is 5.75 Å². The Kier molecular flexibility index (Phi) is 6.82. The van der Waals surface area contributed by atoms with E-state index in [0.29, 0.717) is 36.0 Å². The molecule has 0 unspecified atom stereocenters. The lowest BCUT2D eigenvalue weighted by atomic mass is 10.1. The summed E-state index contributed by atoms with van der Waals surface area (Å²) in [7, 11) is 1.90. The van der Waals surface area contributed by atoms with Crippen LogP contribution in [0, 0.1) is 13.8 Å². The highest BCUT2D eigenvalue weighted by atomic mass is 79.9. The zero-order chi connectivity index (χ0) is 21.9. The fraction of sp³-hybridized carbons (Fsp3) is 0.333. The number of benzene rings is 2. The Labute approximate surface area is 181 Å². The molecule has 0 saturated carbocycles. The molecule has 0 saturated heterocycles. The number of rotatable bonds is 7. The van der Waals surface area contributed by atoms with Crippen molar-refractivity contribution < 1.29 is 22.3 Å². The van der Waals surface area contributed by atoms with Crippen LogP contribution in [-0.4, -0.2) is 34.9 Å². The average Bonchev–Trinajstić information content (AvgIpc) is 3.08. The number of ether oxygens (including phenoxy) is 1. The quantitative estimate of drug-likeness (QED) is 0.432. The maximum absolute atomic E-state index is 12.4. The van der Waals surface area contributed by atoms with Gasteiger partial charge in [-0.3, -0.25) is 4.90 Å². The summed E-state index contributed by atoms with van der Waals surface area (Å²) in [5, 5.41) is 8.19. The van der Waals surface area contributed by atoms with E-state index in [1.807, 2.05) is 48.3 Å². The SMILES string of the molecule is Cc1cc(CN(C)Cc2nnc(-c3ccc(Br)cc3)o2)cc(C)c1OCC(F)(F)F. The lowest BCUT2D eigenvalue weighted by Crippen LogP contribution is -2.20. The largest absolute Gasteiger partial charge is 0.484 e. The van der Waals surface area contributed by atoms with Gasteiger partial charge in [-0.25, -0.2) is 0 Å². The molecule has 0 aliphatic rings. The Morgan fingerprint density at radius 3 is 2.27 bits per heavy atom. The Hall–Kier alpha value is -2.39. The second kappa shape index (κ2) is 9.18. The predicted octanol–water partition coefficient (Wildman–Crippen LogP) is 5.69. The van der Waals surface area contributed by atoms with Gasteiger partial charge in [-0.1, -0.05) is 28.1 Å². The minimum Gasteiger partial charge on any atom is -0.484 e. The first-order valence-electron chi connectivity index (χ1n) is 9.17. The van der Waals surface area contributed by atoms with E-state index >= 15 is 0 Å². The third-order valence-corrected chi connectivity index (χ3v) is 4.84. The van der Waals surface area contributed by atoms with Gasteiger partial charge >= 0.3 is 6.18 Å². The predicted molar refractivity (Wildman–Crippen MR) is 110 cm³/mol. The van der Waals surface area contributed by atoms with Crippen LogP contribution in [0.3, 0.4) is 0 Å². The summed E-state index contributed by atoms with van der Waals surface area (Å²) in [6.45, 7) is 3.19. The average molecular weight is 484 g/mol. The van der Waals surface area contributed by atoms with Crippen LogP contribution in [-0.2, 0) is 13.1 Å². The van der Waals surface area contributed by atoms with Crippen LogP contribution in [0.5, 0.6) is 5.75 Å². The summed E-state index contributed by atoms with van der Waals surface area (Å²) in [6, 6.07) is 11.2. The summed E-state index contributed by atoms with van der Waals surface area (Å²) >= 11 is 3.39. The Morgan fingerprint density at radius 2 is 1.67 bits per heavy atom. The topological polar surface area (TPSA) is 51.4 Å². The van der Waals surface area contributed by atoms with E-state index in [1.165, 1.54) is 0 Å². The number of alkyl halides is 3. The molecule has 0 radical (unpaired) electrons. The molecule has 3 rings (SSSR count). The third kappa shape index (κ3) is 6.06.